The van der Waals surface area contributed by atoms with Gasteiger partial charge in [-0.15, -0.1) is 0 Å². The second kappa shape index (κ2) is 6.43. The molecule has 0 aliphatic heterocycles. The van der Waals surface area contributed by atoms with Crippen LogP contribution in [0.2, 0.25) is 0 Å². The minimum Gasteiger partial charge on any atom is -0.475 e. The number of aromatic nitrogens is 2. The molecule has 2 aromatic rings. The number of rotatable bonds is 5. The van der Waals surface area contributed by atoms with Gasteiger partial charge in [-0.25, -0.2) is 4.98 Å². The zero-order chi connectivity index (χ0) is 15.4. The molecule has 0 saturated heterocycles. The molecule has 1 heterocycles. The van der Waals surface area contributed by atoms with Crippen LogP contribution in [0.5, 0.6) is 5.88 Å². The minimum absolute atomic E-state index is 0.0576. The van der Waals surface area contributed by atoms with Gasteiger partial charge in [-0.1, -0.05) is 12.1 Å². The lowest BCUT2D eigenvalue weighted by atomic mass is 10.1. The van der Waals surface area contributed by atoms with Crippen LogP contribution in [0, 0.1) is 6.92 Å². The van der Waals surface area contributed by atoms with Gasteiger partial charge in [0.05, 0.1) is 12.1 Å². The SMILES string of the molecule is Cc1cc(OC(C)C)nc(NC(C)c2cccc(N)c2)n1. The van der Waals surface area contributed by atoms with Gasteiger partial charge in [0.15, 0.2) is 0 Å². The van der Waals surface area contributed by atoms with Gasteiger partial charge >= 0.3 is 0 Å². The van der Waals surface area contributed by atoms with Crippen LogP contribution in [-0.4, -0.2) is 16.1 Å². The quantitative estimate of drug-likeness (QED) is 0.825. The summed E-state index contributed by atoms with van der Waals surface area (Å²) in [6, 6.07) is 9.66. The average molecular weight is 286 g/mol. The van der Waals surface area contributed by atoms with E-state index in [-0.39, 0.29) is 12.1 Å². The van der Waals surface area contributed by atoms with Gasteiger partial charge < -0.3 is 15.8 Å². The van der Waals surface area contributed by atoms with Crippen LogP contribution in [0.25, 0.3) is 0 Å². The molecule has 1 aromatic carbocycles. The smallest absolute Gasteiger partial charge is 0.226 e. The molecule has 0 aliphatic rings. The first-order chi connectivity index (χ1) is 9.94. The van der Waals surface area contributed by atoms with Crippen LogP contribution in [0.15, 0.2) is 30.3 Å². The highest BCUT2D eigenvalue weighted by molar-refractivity contribution is 5.43. The maximum atomic E-state index is 5.81. The minimum atomic E-state index is 0.0576. The summed E-state index contributed by atoms with van der Waals surface area (Å²) in [5.41, 5.74) is 8.51. The van der Waals surface area contributed by atoms with Gasteiger partial charge in [0.2, 0.25) is 11.8 Å². The van der Waals surface area contributed by atoms with E-state index in [1.807, 2.05) is 58.0 Å². The van der Waals surface area contributed by atoms with Crippen molar-refractivity contribution in [1.82, 2.24) is 9.97 Å². The summed E-state index contributed by atoms with van der Waals surface area (Å²) in [5.74, 6) is 1.14. The Morgan fingerprint density at radius 1 is 1.14 bits per heavy atom. The van der Waals surface area contributed by atoms with Crippen LogP contribution >= 0.6 is 0 Å². The largest absolute Gasteiger partial charge is 0.475 e. The molecule has 5 heteroatoms. The molecule has 0 radical (unpaired) electrons. The standard InChI is InChI=1S/C16H22N4O/c1-10(2)21-15-8-11(3)18-16(20-15)19-12(4)13-6-5-7-14(17)9-13/h5-10,12H,17H2,1-4H3,(H,18,19,20). The first-order valence-electron chi connectivity index (χ1n) is 7.08. The van der Waals surface area contributed by atoms with E-state index in [2.05, 4.69) is 15.3 Å². The van der Waals surface area contributed by atoms with Crippen molar-refractivity contribution in [2.24, 2.45) is 0 Å². The van der Waals surface area contributed by atoms with Crippen LogP contribution in [0.1, 0.15) is 38.1 Å². The first-order valence-corrected chi connectivity index (χ1v) is 7.08. The van der Waals surface area contributed by atoms with E-state index in [1.54, 1.807) is 0 Å². The number of benzene rings is 1. The molecule has 1 unspecified atom stereocenters. The summed E-state index contributed by atoms with van der Waals surface area (Å²) < 4.78 is 5.63. The van der Waals surface area contributed by atoms with Crippen molar-refractivity contribution in [2.75, 3.05) is 11.1 Å². The van der Waals surface area contributed by atoms with Crippen molar-refractivity contribution >= 4 is 11.6 Å². The summed E-state index contributed by atoms with van der Waals surface area (Å²) in [6.07, 6.45) is 0.0819. The lowest BCUT2D eigenvalue weighted by Crippen LogP contribution is -2.12. The lowest BCUT2D eigenvalue weighted by Gasteiger charge is -2.16. The summed E-state index contributed by atoms with van der Waals surface area (Å²) in [4.78, 5) is 8.78. The Kier molecular flexibility index (Phi) is 4.62. The molecule has 21 heavy (non-hydrogen) atoms. The number of ether oxygens (including phenoxy) is 1. The van der Waals surface area contributed by atoms with Gasteiger partial charge in [0.25, 0.3) is 0 Å². The number of nitrogens with zero attached hydrogens (tertiary/aromatic N) is 2. The monoisotopic (exact) mass is 286 g/mol. The zero-order valence-electron chi connectivity index (χ0n) is 12.9. The van der Waals surface area contributed by atoms with E-state index in [4.69, 9.17) is 10.5 Å². The fourth-order valence-corrected chi connectivity index (χ4v) is 2.01. The molecule has 0 fully saturated rings. The maximum absolute atomic E-state index is 5.81. The van der Waals surface area contributed by atoms with Crippen molar-refractivity contribution in [3.63, 3.8) is 0 Å². The van der Waals surface area contributed by atoms with Crippen molar-refractivity contribution < 1.29 is 4.74 Å². The molecule has 0 bridgehead atoms. The van der Waals surface area contributed by atoms with Crippen molar-refractivity contribution in [2.45, 2.75) is 39.8 Å². The normalized spacial score (nSPS) is 12.2. The third kappa shape index (κ3) is 4.34. The summed E-state index contributed by atoms with van der Waals surface area (Å²) in [6.45, 7) is 7.91. The second-order valence-corrected chi connectivity index (χ2v) is 5.37. The molecule has 0 saturated carbocycles. The molecule has 1 aromatic heterocycles. The second-order valence-electron chi connectivity index (χ2n) is 5.37. The summed E-state index contributed by atoms with van der Waals surface area (Å²) in [5, 5.41) is 3.28. The lowest BCUT2D eigenvalue weighted by molar-refractivity contribution is 0.232. The van der Waals surface area contributed by atoms with Crippen LogP contribution < -0.4 is 15.8 Å². The number of hydrogen-bond acceptors (Lipinski definition) is 5. The van der Waals surface area contributed by atoms with E-state index in [0.29, 0.717) is 11.8 Å². The highest BCUT2D eigenvalue weighted by atomic mass is 16.5. The Labute approximate surface area is 125 Å². The molecular weight excluding hydrogens is 264 g/mol. The van der Waals surface area contributed by atoms with Gasteiger partial charge in [0.1, 0.15) is 0 Å². The van der Waals surface area contributed by atoms with E-state index in [0.717, 1.165) is 16.9 Å². The summed E-state index contributed by atoms with van der Waals surface area (Å²) in [7, 11) is 0. The Morgan fingerprint density at radius 3 is 2.57 bits per heavy atom. The van der Waals surface area contributed by atoms with Crippen molar-refractivity contribution in [1.29, 1.82) is 0 Å². The molecule has 2 rings (SSSR count). The van der Waals surface area contributed by atoms with Crippen molar-refractivity contribution in [3.8, 4) is 5.88 Å². The maximum Gasteiger partial charge on any atom is 0.226 e. The van der Waals surface area contributed by atoms with E-state index in [9.17, 15) is 0 Å². The molecule has 0 aliphatic carbocycles. The highest BCUT2D eigenvalue weighted by Crippen LogP contribution is 2.21. The van der Waals surface area contributed by atoms with E-state index in [1.165, 1.54) is 0 Å². The first kappa shape index (κ1) is 15.1. The molecule has 0 spiro atoms. The number of nitrogen functional groups attached to an aromatic ring is 1. The predicted octanol–water partition coefficient (Wildman–Crippen LogP) is 3.33. The highest BCUT2D eigenvalue weighted by Gasteiger charge is 2.10. The van der Waals surface area contributed by atoms with Gasteiger partial charge in [-0.2, -0.15) is 4.98 Å². The number of nitrogens with two attached hydrogens (primary N) is 1. The van der Waals surface area contributed by atoms with Crippen LogP contribution in [0.4, 0.5) is 11.6 Å². The fraction of sp³-hybridized carbons (Fsp3) is 0.375. The average Bonchev–Trinajstić information content (AvgIpc) is 2.37. The Bertz CT molecular complexity index is 613. The molecule has 1 atom stereocenters. The number of aryl methyl sites for hydroxylation is 1. The number of anilines is 2. The topological polar surface area (TPSA) is 73.1 Å². The zero-order valence-corrected chi connectivity index (χ0v) is 12.9. The molecule has 5 nitrogen and oxygen atoms in total. The van der Waals surface area contributed by atoms with E-state index < -0.39 is 0 Å². The number of hydrogen-bond donors (Lipinski definition) is 2. The number of nitrogens with one attached hydrogen (secondary N) is 1. The molecular formula is C16H22N4O. The van der Waals surface area contributed by atoms with E-state index >= 15 is 0 Å². The fourth-order valence-electron chi connectivity index (χ4n) is 2.01. The molecule has 112 valence electrons. The Morgan fingerprint density at radius 2 is 1.90 bits per heavy atom. The predicted molar refractivity (Wildman–Crippen MR) is 85.4 cm³/mol. The van der Waals surface area contributed by atoms with Gasteiger partial charge in [-0.05, 0) is 45.4 Å². The Hall–Kier alpha value is -2.30. The van der Waals surface area contributed by atoms with Gasteiger partial charge in [-0.3, -0.25) is 0 Å². The van der Waals surface area contributed by atoms with Crippen LogP contribution in [0.3, 0.4) is 0 Å². The van der Waals surface area contributed by atoms with Crippen molar-refractivity contribution in [3.05, 3.63) is 41.6 Å². The molecule has 3 N–H and O–H groups in total. The van der Waals surface area contributed by atoms with Crippen LogP contribution in [-0.2, 0) is 0 Å². The molecule has 0 amide bonds. The third-order valence-electron chi connectivity index (χ3n) is 2.94. The summed E-state index contributed by atoms with van der Waals surface area (Å²) >= 11 is 0. The van der Waals surface area contributed by atoms with Gasteiger partial charge in [0, 0.05) is 17.4 Å². The third-order valence-corrected chi connectivity index (χ3v) is 2.94. The Balaban J connectivity index is 2.17.